The lowest BCUT2D eigenvalue weighted by Gasteiger charge is -2.30. The van der Waals surface area contributed by atoms with Gasteiger partial charge >= 0.3 is 0 Å². The molecule has 2 aromatic rings. The van der Waals surface area contributed by atoms with Crippen molar-refractivity contribution in [1.29, 1.82) is 0 Å². The molecule has 1 aromatic heterocycles. The standard InChI is InChI=1S/C17H23N5OS/c1-12-5-4-6-21(10-12)16(23)11-24-17-18-19-20-22(17)15-8-13(2)7-14(3)9-15/h7-9,12H,4-6,10-11H2,1-3H3. The van der Waals surface area contributed by atoms with Crippen LogP contribution in [0.1, 0.15) is 30.9 Å². The zero-order valence-corrected chi connectivity index (χ0v) is 15.2. The van der Waals surface area contributed by atoms with Gasteiger partial charge in [-0.25, -0.2) is 0 Å². The van der Waals surface area contributed by atoms with Gasteiger partial charge in [-0.3, -0.25) is 4.79 Å². The molecule has 0 spiro atoms. The van der Waals surface area contributed by atoms with Gasteiger partial charge in [0, 0.05) is 13.1 Å². The maximum atomic E-state index is 12.4. The second kappa shape index (κ2) is 7.34. The maximum absolute atomic E-state index is 12.4. The summed E-state index contributed by atoms with van der Waals surface area (Å²) in [6, 6.07) is 6.20. The third kappa shape index (κ3) is 3.95. The number of hydrogen-bond donors (Lipinski definition) is 0. The first-order valence-electron chi connectivity index (χ1n) is 8.30. The number of likely N-dealkylation sites (tertiary alicyclic amines) is 1. The van der Waals surface area contributed by atoms with Gasteiger partial charge in [0.15, 0.2) is 0 Å². The lowest BCUT2D eigenvalue weighted by Crippen LogP contribution is -2.40. The zero-order chi connectivity index (χ0) is 17.1. The Morgan fingerprint density at radius 1 is 1.29 bits per heavy atom. The van der Waals surface area contributed by atoms with Crippen LogP contribution < -0.4 is 0 Å². The summed E-state index contributed by atoms with van der Waals surface area (Å²) in [7, 11) is 0. The molecule has 1 fully saturated rings. The number of rotatable bonds is 4. The number of aryl methyl sites for hydroxylation is 2. The van der Waals surface area contributed by atoms with E-state index in [0.29, 0.717) is 16.8 Å². The molecule has 7 heteroatoms. The predicted octanol–water partition coefficient (Wildman–Crippen LogP) is 2.63. The lowest BCUT2D eigenvalue weighted by atomic mass is 10.0. The van der Waals surface area contributed by atoms with Crippen molar-refractivity contribution < 1.29 is 4.79 Å². The van der Waals surface area contributed by atoms with E-state index in [4.69, 9.17) is 0 Å². The Morgan fingerprint density at radius 3 is 2.75 bits per heavy atom. The van der Waals surface area contributed by atoms with Crippen molar-refractivity contribution in [3.63, 3.8) is 0 Å². The molecule has 1 saturated heterocycles. The van der Waals surface area contributed by atoms with Gasteiger partial charge < -0.3 is 4.90 Å². The first-order chi connectivity index (χ1) is 11.5. The van der Waals surface area contributed by atoms with Gasteiger partial charge in [0.1, 0.15) is 0 Å². The Kier molecular flexibility index (Phi) is 5.18. The van der Waals surface area contributed by atoms with E-state index in [-0.39, 0.29) is 5.91 Å². The fraction of sp³-hybridized carbons (Fsp3) is 0.529. The van der Waals surface area contributed by atoms with Crippen molar-refractivity contribution in [1.82, 2.24) is 25.1 Å². The largest absolute Gasteiger partial charge is 0.342 e. The number of aromatic nitrogens is 4. The molecule has 0 N–H and O–H groups in total. The van der Waals surface area contributed by atoms with Crippen molar-refractivity contribution in [3.05, 3.63) is 29.3 Å². The number of thioether (sulfide) groups is 1. The fourth-order valence-corrected chi connectivity index (χ4v) is 3.93. The van der Waals surface area contributed by atoms with E-state index in [1.807, 2.05) is 17.0 Å². The van der Waals surface area contributed by atoms with Crippen LogP contribution in [0.15, 0.2) is 23.4 Å². The van der Waals surface area contributed by atoms with Gasteiger partial charge in [0.2, 0.25) is 11.1 Å². The highest BCUT2D eigenvalue weighted by Crippen LogP contribution is 2.22. The van der Waals surface area contributed by atoms with Crippen LogP contribution >= 0.6 is 11.8 Å². The first kappa shape index (κ1) is 17.0. The second-order valence-corrected chi connectivity index (χ2v) is 7.54. The average Bonchev–Trinajstić information content (AvgIpc) is 3.00. The van der Waals surface area contributed by atoms with Crippen molar-refractivity contribution in [2.24, 2.45) is 5.92 Å². The van der Waals surface area contributed by atoms with Crippen LogP contribution in [0.25, 0.3) is 5.69 Å². The number of nitrogens with zero attached hydrogens (tertiary/aromatic N) is 5. The molecule has 1 amide bonds. The van der Waals surface area contributed by atoms with Gasteiger partial charge in [0.25, 0.3) is 0 Å². The fourth-order valence-electron chi connectivity index (χ4n) is 3.14. The van der Waals surface area contributed by atoms with Crippen molar-refractivity contribution in [2.45, 2.75) is 38.8 Å². The van der Waals surface area contributed by atoms with Gasteiger partial charge in [-0.1, -0.05) is 24.8 Å². The number of tetrazole rings is 1. The Balaban J connectivity index is 1.68. The Labute approximate surface area is 146 Å². The van der Waals surface area contributed by atoms with Crippen molar-refractivity contribution >= 4 is 17.7 Å². The summed E-state index contributed by atoms with van der Waals surface area (Å²) in [5, 5.41) is 12.6. The molecule has 2 heterocycles. The molecule has 1 atom stereocenters. The SMILES string of the molecule is Cc1cc(C)cc(-n2nnnc2SCC(=O)N2CCCC(C)C2)c1. The molecule has 1 aliphatic rings. The molecule has 1 unspecified atom stereocenters. The van der Waals surface area contributed by atoms with Crippen LogP contribution in [0.3, 0.4) is 0 Å². The molecular formula is C17H23N5OS. The third-order valence-corrected chi connectivity index (χ3v) is 5.13. The van der Waals surface area contributed by atoms with E-state index in [1.54, 1.807) is 4.68 Å². The topological polar surface area (TPSA) is 63.9 Å². The Bertz CT molecular complexity index is 709. The molecule has 24 heavy (non-hydrogen) atoms. The Morgan fingerprint density at radius 2 is 2.04 bits per heavy atom. The van der Waals surface area contributed by atoms with E-state index in [2.05, 4.69) is 42.4 Å². The van der Waals surface area contributed by atoms with E-state index in [1.165, 1.54) is 18.2 Å². The summed E-state index contributed by atoms with van der Waals surface area (Å²) < 4.78 is 1.71. The summed E-state index contributed by atoms with van der Waals surface area (Å²) in [5.41, 5.74) is 3.25. The normalized spacial score (nSPS) is 18.0. The van der Waals surface area contributed by atoms with E-state index >= 15 is 0 Å². The maximum Gasteiger partial charge on any atom is 0.233 e. The number of amides is 1. The molecule has 0 bridgehead atoms. The van der Waals surface area contributed by atoms with Crippen LogP contribution in [0.5, 0.6) is 0 Å². The van der Waals surface area contributed by atoms with Gasteiger partial charge in [-0.15, -0.1) is 5.10 Å². The minimum absolute atomic E-state index is 0.168. The van der Waals surface area contributed by atoms with Gasteiger partial charge in [0.05, 0.1) is 11.4 Å². The van der Waals surface area contributed by atoms with E-state index in [9.17, 15) is 4.79 Å². The number of carbonyl (C=O) groups is 1. The second-order valence-electron chi connectivity index (χ2n) is 6.60. The molecule has 6 nitrogen and oxygen atoms in total. The average molecular weight is 345 g/mol. The molecule has 128 valence electrons. The van der Waals surface area contributed by atoms with Crippen molar-refractivity contribution in [3.8, 4) is 5.69 Å². The molecule has 1 aliphatic heterocycles. The van der Waals surface area contributed by atoms with Crippen LogP contribution in [-0.4, -0.2) is 49.9 Å². The number of benzene rings is 1. The highest BCUT2D eigenvalue weighted by Gasteiger charge is 2.21. The number of hydrogen-bond acceptors (Lipinski definition) is 5. The number of carbonyl (C=O) groups excluding carboxylic acids is 1. The Hall–Kier alpha value is -1.89. The predicted molar refractivity (Wildman–Crippen MR) is 94.3 cm³/mol. The first-order valence-corrected chi connectivity index (χ1v) is 9.29. The third-order valence-electron chi connectivity index (χ3n) is 4.23. The lowest BCUT2D eigenvalue weighted by molar-refractivity contribution is -0.130. The van der Waals surface area contributed by atoms with Crippen LogP contribution in [0, 0.1) is 19.8 Å². The highest BCUT2D eigenvalue weighted by molar-refractivity contribution is 7.99. The zero-order valence-electron chi connectivity index (χ0n) is 14.4. The van der Waals surface area contributed by atoms with Crippen LogP contribution in [-0.2, 0) is 4.79 Å². The number of piperidine rings is 1. The minimum Gasteiger partial charge on any atom is -0.342 e. The highest BCUT2D eigenvalue weighted by atomic mass is 32.2. The summed E-state index contributed by atoms with van der Waals surface area (Å²) in [6.45, 7) is 8.03. The molecular weight excluding hydrogens is 322 g/mol. The molecule has 1 aromatic carbocycles. The van der Waals surface area contributed by atoms with E-state index < -0.39 is 0 Å². The van der Waals surface area contributed by atoms with Crippen LogP contribution in [0.2, 0.25) is 0 Å². The van der Waals surface area contributed by atoms with Crippen molar-refractivity contribution in [2.75, 3.05) is 18.8 Å². The van der Waals surface area contributed by atoms with Crippen LogP contribution in [0.4, 0.5) is 0 Å². The van der Waals surface area contributed by atoms with E-state index in [0.717, 1.165) is 36.3 Å². The quantitative estimate of drug-likeness (QED) is 0.797. The monoisotopic (exact) mass is 345 g/mol. The summed E-state index contributed by atoms with van der Waals surface area (Å²) >= 11 is 1.40. The smallest absolute Gasteiger partial charge is 0.233 e. The summed E-state index contributed by atoms with van der Waals surface area (Å²) in [4.78, 5) is 14.4. The van der Waals surface area contributed by atoms with Gasteiger partial charge in [-0.2, -0.15) is 4.68 Å². The summed E-state index contributed by atoms with van der Waals surface area (Å²) in [6.07, 6.45) is 2.31. The molecule has 3 rings (SSSR count). The molecule has 0 saturated carbocycles. The minimum atomic E-state index is 0.168. The van der Waals surface area contributed by atoms with Gasteiger partial charge in [-0.05, 0) is 66.3 Å². The molecule has 0 aliphatic carbocycles. The molecule has 0 radical (unpaired) electrons. The summed E-state index contributed by atoms with van der Waals surface area (Å²) in [5.74, 6) is 1.13.